The zero-order valence-corrected chi connectivity index (χ0v) is 23.4. The number of rotatable bonds is 10. The first kappa shape index (κ1) is 28.3. The SMILES string of the molecule is Cc1ccc(NC(=O)CSc2nnc(SCC(=O)Nc3ccc(C)cc3)n2/N=C\c2c(F)cccc2Cl)cc1. The summed E-state index contributed by atoms with van der Waals surface area (Å²) in [5.74, 6) is -0.976. The molecule has 4 aromatic rings. The Hall–Kier alpha value is -3.67. The summed E-state index contributed by atoms with van der Waals surface area (Å²) < 4.78 is 15.7. The number of halogens is 2. The van der Waals surface area contributed by atoms with Crippen LogP contribution in [0.5, 0.6) is 0 Å². The number of aryl methyl sites for hydroxylation is 2. The Balaban J connectivity index is 1.48. The fourth-order valence-electron chi connectivity index (χ4n) is 3.21. The number of carbonyl (C=O) groups is 2. The zero-order valence-electron chi connectivity index (χ0n) is 21.0. The highest BCUT2D eigenvalue weighted by atomic mass is 35.5. The topological polar surface area (TPSA) is 101 Å². The number of nitrogens with one attached hydrogen (secondary N) is 2. The number of amides is 2. The third-order valence-electron chi connectivity index (χ3n) is 5.22. The van der Waals surface area contributed by atoms with Crippen LogP contribution >= 0.6 is 35.1 Å². The molecule has 200 valence electrons. The molecule has 39 heavy (non-hydrogen) atoms. The highest BCUT2D eigenvalue weighted by Crippen LogP contribution is 2.25. The van der Waals surface area contributed by atoms with Crippen molar-refractivity contribution in [2.45, 2.75) is 24.2 Å². The third-order valence-corrected chi connectivity index (χ3v) is 7.39. The molecule has 2 amide bonds. The van der Waals surface area contributed by atoms with Gasteiger partial charge in [-0.15, -0.1) is 10.2 Å². The summed E-state index contributed by atoms with van der Waals surface area (Å²) in [5.41, 5.74) is 3.61. The van der Waals surface area contributed by atoms with Gasteiger partial charge in [-0.25, -0.2) is 4.39 Å². The van der Waals surface area contributed by atoms with Crippen LogP contribution in [0.15, 0.2) is 82.1 Å². The van der Waals surface area contributed by atoms with Gasteiger partial charge in [0.15, 0.2) is 0 Å². The Labute approximate surface area is 238 Å². The number of hydrogen-bond donors (Lipinski definition) is 2. The normalized spacial score (nSPS) is 11.1. The average Bonchev–Trinajstić information content (AvgIpc) is 3.30. The molecule has 0 atom stereocenters. The first-order valence-electron chi connectivity index (χ1n) is 11.7. The van der Waals surface area contributed by atoms with Gasteiger partial charge in [-0.1, -0.05) is 76.6 Å². The number of hydrogen-bond acceptors (Lipinski definition) is 7. The molecule has 4 rings (SSSR count). The van der Waals surface area contributed by atoms with Crippen LogP contribution in [0.1, 0.15) is 16.7 Å². The summed E-state index contributed by atoms with van der Waals surface area (Å²) in [5, 5.41) is 19.0. The van der Waals surface area contributed by atoms with Gasteiger partial charge in [-0.05, 0) is 50.2 Å². The van der Waals surface area contributed by atoms with Gasteiger partial charge in [0, 0.05) is 16.9 Å². The number of thioether (sulfide) groups is 2. The van der Waals surface area contributed by atoms with Crippen LogP contribution in [-0.4, -0.2) is 44.4 Å². The van der Waals surface area contributed by atoms with Crippen LogP contribution in [0, 0.1) is 19.7 Å². The maximum Gasteiger partial charge on any atom is 0.234 e. The molecular formula is C27H24ClFN6O2S2. The van der Waals surface area contributed by atoms with Crippen molar-refractivity contribution in [1.82, 2.24) is 14.9 Å². The lowest BCUT2D eigenvalue weighted by molar-refractivity contribution is -0.114. The molecule has 8 nitrogen and oxygen atoms in total. The highest BCUT2D eigenvalue weighted by Gasteiger charge is 2.17. The van der Waals surface area contributed by atoms with Crippen LogP contribution in [0.25, 0.3) is 0 Å². The molecule has 0 saturated carbocycles. The van der Waals surface area contributed by atoms with Gasteiger partial charge < -0.3 is 10.6 Å². The van der Waals surface area contributed by atoms with Gasteiger partial charge >= 0.3 is 0 Å². The van der Waals surface area contributed by atoms with Crippen molar-refractivity contribution in [3.63, 3.8) is 0 Å². The van der Waals surface area contributed by atoms with E-state index in [4.69, 9.17) is 11.6 Å². The lowest BCUT2D eigenvalue weighted by Crippen LogP contribution is -2.15. The number of nitrogens with zero attached hydrogens (tertiary/aromatic N) is 4. The van der Waals surface area contributed by atoms with Gasteiger partial charge in [0.1, 0.15) is 5.82 Å². The molecule has 2 N–H and O–H groups in total. The van der Waals surface area contributed by atoms with Crippen molar-refractivity contribution >= 4 is 64.5 Å². The van der Waals surface area contributed by atoms with Gasteiger partial charge in [0.25, 0.3) is 0 Å². The predicted octanol–water partition coefficient (Wildman–Crippen LogP) is 6.03. The fourth-order valence-corrected chi connectivity index (χ4v) is 4.85. The maximum absolute atomic E-state index is 14.3. The van der Waals surface area contributed by atoms with Gasteiger partial charge in [0.05, 0.1) is 22.7 Å². The zero-order chi connectivity index (χ0) is 27.8. The molecule has 0 aliphatic carbocycles. The van der Waals surface area contributed by atoms with Crippen molar-refractivity contribution in [3.8, 4) is 0 Å². The van der Waals surface area contributed by atoms with E-state index < -0.39 is 5.82 Å². The lowest BCUT2D eigenvalue weighted by Gasteiger charge is -2.07. The maximum atomic E-state index is 14.3. The second kappa shape index (κ2) is 13.4. The smallest absolute Gasteiger partial charge is 0.234 e. The van der Waals surface area contributed by atoms with Crippen molar-refractivity contribution in [2.24, 2.45) is 5.10 Å². The number of carbonyl (C=O) groups excluding carboxylic acids is 2. The Bertz CT molecular complexity index is 1390. The highest BCUT2D eigenvalue weighted by molar-refractivity contribution is 8.00. The van der Waals surface area contributed by atoms with E-state index in [0.29, 0.717) is 21.7 Å². The largest absolute Gasteiger partial charge is 0.325 e. The average molecular weight is 583 g/mol. The summed E-state index contributed by atoms with van der Waals surface area (Å²) in [6, 6.07) is 19.2. The van der Waals surface area contributed by atoms with Crippen molar-refractivity contribution in [3.05, 3.63) is 94.3 Å². The van der Waals surface area contributed by atoms with Crippen molar-refractivity contribution < 1.29 is 14.0 Å². The predicted molar refractivity (Wildman–Crippen MR) is 155 cm³/mol. The molecule has 1 aromatic heterocycles. The summed E-state index contributed by atoms with van der Waals surface area (Å²) in [6.45, 7) is 3.93. The summed E-state index contributed by atoms with van der Waals surface area (Å²) in [4.78, 5) is 25.0. The number of benzene rings is 3. The van der Waals surface area contributed by atoms with E-state index in [0.717, 1.165) is 34.7 Å². The minimum atomic E-state index is -0.544. The third kappa shape index (κ3) is 8.16. The number of anilines is 2. The summed E-state index contributed by atoms with van der Waals surface area (Å²) >= 11 is 8.35. The second-order valence-corrected chi connectivity index (χ2v) is 10.7. The first-order valence-corrected chi connectivity index (χ1v) is 14.1. The van der Waals surface area contributed by atoms with E-state index in [2.05, 4.69) is 25.9 Å². The van der Waals surface area contributed by atoms with Crippen LogP contribution < -0.4 is 10.6 Å². The molecule has 12 heteroatoms. The minimum Gasteiger partial charge on any atom is -0.325 e. The quantitative estimate of drug-likeness (QED) is 0.175. The fraction of sp³-hybridized carbons (Fsp3) is 0.148. The molecule has 0 aliphatic rings. The van der Waals surface area contributed by atoms with Crippen molar-refractivity contribution in [1.29, 1.82) is 0 Å². The molecule has 0 radical (unpaired) electrons. The molecule has 0 unspecified atom stereocenters. The Morgan fingerprint density at radius 2 is 1.36 bits per heavy atom. The molecule has 0 fully saturated rings. The Kier molecular flexibility index (Phi) is 9.74. The monoisotopic (exact) mass is 582 g/mol. The van der Waals surface area contributed by atoms with Crippen LogP contribution in [-0.2, 0) is 9.59 Å². The van der Waals surface area contributed by atoms with Gasteiger partial charge in [-0.2, -0.15) is 9.78 Å². The van der Waals surface area contributed by atoms with E-state index in [1.54, 1.807) is 6.07 Å². The van der Waals surface area contributed by atoms with Gasteiger partial charge in [0.2, 0.25) is 22.1 Å². The van der Waals surface area contributed by atoms with E-state index in [1.165, 1.54) is 23.0 Å². The summed E-state index contributed by atoms with van der Waals surface area (Å²) in [6.07, 6.45) is 1.26. The van der Waals surface area contributed by atoms with Crippen molar-refractivity contribution in [2.75, 3.05) is 22.1 Å². The second-order valence-electron chi connectivity index (χ2n) is 8.36. The Morgan fingerprint density at radius 1 is 0.872 bits per heavy atom. The molecule has 0 spiro atoms. The minimum absolute atomic E-state index is 0.0283. The molecule has 3 aromatic carbocycles. The van der Waals surface area contributed by atoms with Crippen LogP contribution in [0.4, 0.5) is 15.8 Å². The lowest BCUT2D eigenvalue weighted by atomic mass is 10.2. The molecular weight excluding hydrogens is 559 g/mol. The van der Waals surface area contributed by atoms with Crippen LogP contribution in [0.3, 0.4) is 0 Å². The van der Waals surface area contributed by atoms with E-state index in [1.807, 2.05) is 62.4 Å². The van der Waals surface area contributed by atoms with Crippen LogP contribution in [0.2, 0.25) is 5.02 Å². The molecule has 1 heterocycles. The number of aromatic nitrogens is 3. The van der Waals surface area contributed by atoms with Gasteiger partial charge in [-0.3, -0.25) is 9.59 Å². The van der Waals surface area contributed by atoms with E-state index >= 15 is 0 Å². The molecule has 0 aliphatic heterocycles. The standard InChI is InChI=1S/C27H24ClFN6O2S2/c1-17-6-10-19(11-7-17)31-24(36)15-38-26-33-34-27(35(26)30-14-21-22(28)4-3-5-23(21)29)39-16-25(37)32-20-12-8-18(2)9-13-20/h3-14H,15-16H2,1-2H3,(H,31,36)(H,32,37)/b30-14-. The van der Waals surface area contributed by atoms with E-state index in [-0.39, 0.29) is 33.9 Å². The molecule has 0 saturated heterocycles. The first-order chi connectivity index (χ1) is 18.8. The molecule has 0 bridgehead atoms. The van der Waals surface area contributed by atoms with E-state index in [9.17, 15) is 14.0 Å². The Morgan fingerprint density at radius 3 is 1.82 bits per heavy atom. The summed E-state index contributed by atoms with van der Waals surface area (Å²) in [7, 11) is 0.